The lowest BCUT2D eigenvalue weighted by Crippen LogP contribution is -2.31. The molecule has 0 spiro atoms. The quantitative estimate of drug-likeness (QED) is 0.754. The predicted octanol–water partition coefficient (Wildman–Crippen LogP) is 2.85. The number of halogens is 1. The Bertz CT molecular complexity index is 428. The van der Waals surface area contributed by atoms with Gasteiger partial charge in [-0.2, -0.15) is 4.31 Å². The molecule has 0 saturated heterocycles. The van der Waals surface area contributed by atoms with Gasteiger partial charge in [-0.15, -0.1) is 11.3 Å². The van der Waals surface area contributed by atoms with Gasteiger partial charge in [-0.1, -0.05) is 22.9 Å². The monoisotopic (exact) mass is 325 g/mol. The van der Waals surface area contributed by atoms with Crippen molar-refractivity contribution in [2.45, 2.75) is 24.5 Å². The lowest BCUT2D eigenvalue weighted by Gasteiger charge is -2.18. The predicted molar refractivity (Wildman–Crippen MR) is 71.9 cm³/mol. The third kappa shape index (κ3) is 3.29. The number of rotatable bonds is 6. The topological polar surface area (TPSA) is 37.4 Å². The van der Waals surface area contributed by atoms with E-state index in [0.717, 1.165) is 16.6 Å². The summed E-state index contributed by atoms with van der Waals surface area (Å²) in [6.07, 6.45) is 0.831. The first-order chi connectivity index (χ1) is 7.52. The Morgan fingerprint density at radius 3 is 2.56 bits per heavy atom. The number of hydrogen-bond donors (Lipinski definition) is 0. The smallest absolute Gasteiger partial charge is 0.206 e. The highest BCUT2D eigenvalue weighted by atomic mass is 79.9. The minimum Gasteiger partial charge on any atom is -0.206 e. The molecule has 0 bridgehead atoms. The number of sulfonamides is 1. The van der Waals surface area contributed by atoms with Gasteiger partial charge in [0.05, 0.1) is 0 Å². The molecular weight excluding hydrogens is 310 g/mol. The zero-order chi connectivity index (χ0) is 12.2. The summed E-state index contributed by atoms with van der Waals surface area (Å²) >= 11 is 4.65. The van der Waals surface area contributed by atoms with Crippen molar-refractivity contribution in [1.29, 1.82) is 0 Å². The molecule has 0 amide bonds. The minimum atomic E-state index is -3.27. The number of aryl methyl sites for hydroxylation is 1. The van der Waals surface area contributed by atoms with Crippen molar-refractivity contribution in [3.63, 3.8) is 0 Å². The van der Waals surface area contributed by atoms with Gasteiger partial charge in [-0.25, -0.2) is 8.42 Å². The standard InChI is InChI=1S/C10H16BrNO2S2/c1-3-12(8-4-7-11)16(13,14)10-6-5-9(2)15-10/h5-6H,3-4,7-8H2,1-2H3. The van der Waals surface area contributed by atoms with E-state index in [-0.39, 0.29) is 0 Å². The summed E-state index contributed by atoms with van der Waals surface area (Å²) < 4.78 is 26.4. The summed E-state index contributed by atoms with van der Waals surface area (Å²) in [6.45, 7) is 4.87. The zero-order valence-electron chi connectivity index (χ0n) is 9.44. The van der Waals surface area contributed by atoms with Gasteiger partial charge < -0.3 is 0 Å². The molecule has 0 atom stereocenters. The highest BCUT2D eigenvalue weighted by molar-refractivity contribution is 9.09. The lowest BCUT2D eigenvalue weighted by atomic mass is 10.5. The van der Waals surface area contributed by atoms with Crippen molar-refractivity contribution >= 4 is 37.3 Å². The van der Waals surface area contributed by atoms with Crippen LogP contribution in [0.4, 0.5) is 0 Å². The average Bonchev–Trinajstić information content (AvgIpc) is 2.66. The van der Waals surface area contributed by atoms with Crippen LogP contribution in [0.5, 0.6) is 0 Å². The first kappa shape index (κ1) is 14.2. The van der Waals surface area contributed by atoms with Crippen LogP contribution in [0, 0.1) is 6.92 Å². The van der Waals surface area contributed by atoms with Gasteiger partial charge in [0.1, 0.15) is 4.21 Å². The zero-order valence-corrected chi connectivity index (χ0v) is 12.7. The maximum absolute atomic E-state index is 12.2. The number of alkyl halides is 1. The van der Waals surface area contributed by atoms with Crippen LogP contribution >= 0.6 is 27.3 Å². The second-order valence-corrected chi connectivity index (χ2v) is 7.65. The molecule has 0 aliphatic carbocycles. The Morgan fingerprint density at radius 1 is 1.44 bits per heavy atom. The van der Waals surface area contributed by atoms with E-state index in [1.165, 1.54) is 15.6 Å². The van der Waals surface area contributed by atoms with Crippen LogP contribution < -0.4 is 0 Å². The Hall–Kier alpha value is 0.0900. The maximum Gasteiger partial charge on any atom is 0.252 e. The number of hydrogen-bond acceptors (Lipinski definition) is 3. The van der Waals surface area contributed by atoms with Crippen LogP contribution in [0.15, 0.2) is 16.3 Å². The summed E-state index contributed by atoms with van der Waals surface area (Å²) in [4.78, 5) is 1.02. The van der Waals surface area contributed by atoms with Crippen molar-refractivity contribution in [2.75, 3.05) is 18.4 Å². The van der Waals surface area contributed by atoms with E-state index in [2.05, 4.69) is 15.9 Å². The third-order valence-corrected chi connectivity index (χ3v) is 6.21. The van der Waals surface area contributed by atoms with Gasteiger partial charge in [0, 0.05) is 23.3 Å². The molecule has 0 aliphatic rings. The van der Waals surface area contributed by atoms with Crippen LogP contribution in [-0.2, 0) is 10.0 Å². The SMILES string of the molecule is CCN(CCCBr)S(=O)(=O)c1ccc(C)s1. The van der Waals surface area contributed by atoms with Gasteiger partial charge in [-0.05, 0) is 25.5 Å². The van der Waals surface area contributed by atoms with Gasteiger partial charge in [0.2, 0.25) is 0 Å². The van der Waals surface area contributed by atoms with Crippen LogP contribution in [0.25, 0.3) is 0 Å². The largest absolute Gasteiger partial charge is 0.252 e. The molecular formula is C10H16BrNO2S2. The normalized spacial score (nSPS) is 12.2. The lowest BCUT2D eigenvalue weighted by molar-refractivity contribution is 0.430. The molecule has 0 aliphatic heterocycles. The van der Waals surface area contributed by atoms with Crippen LogP contribution in [0.1, 0.15) is 18.2 Å². The Kier molecular flexibility index (Phi) is 5.43. The Balaban J connectivity index is 2.90. The second-order valence-electron chi connectivity index (χ2n) is 3.40. The second kappa shape index (κ2) is 6.14. The summed E-state index contributed by atoms with van der Waals surface area (Å²) in [5.41, 5.74) is 0. The van der Waals surface area contributed by atoms with Gasteiger partial charge in [0.25, 0.3) is 10.0 Å². The maximum atomic E-state index is 12.2. The molecule has 0 N–H and O–H groups in total. The van der Waals surface area contributed by atoms with Crippen molar-refractivity contribution in [1.82, 2.24) is 4.31 Å². The molecule has 0 fully saturated rings. The molecule has 6 heteroatoms. The van der Waals surface area contributed by atoms with E-state index in [0.29, 0.717) is 17.3 Å². The van der Waals surface area contributed by atoms with E-state index in [9.17, 15) is 8.42 Å². The van der Waals surface area contributed by atoms with Crippen molar-refractivity contribution in [3.8, 4) is 0 Å². The molecule has 1 heterocycles. The van der Waals surface area contributed by atoms with Gasteiger partial charge >= 0.3 is 0 Å². The van der Waals surface area contributed by atoms with Crippen LogP contribution in [-0.4, -0.2) is 31.1 Å². The number of nitrogens with zero attached hydrogens (tertiary/aromatic N) is 1. The highest BCUT2D eigenvalue weighted by Crippen LogP contribution is 2.24. The molecule has 3 nitrogen and oxygen atoms in total. The first-order valence-corrected chi connectivity index (χ1v) is 8.52. The highest BCUT2D eigenvalue weighted by Gasteiger charge is 2.23. The fraction of sp³-hybridized carbons (Fsp3) is 0.600. The van der Waals surface area contributed by atoms with Crippen molar-refractivity contribution < 1.29 is 8.42 Å². The Morgan fingerprint density at radius 2 is 2.12 bits per heavy atom. The molecule has 16 heavy (non-hydrogen) atoms. The van der Waals surface area contributed by atoms with E-state index in [1.807, 2.05) is 19.9 Å². The Labute approximate surface area is 110 Å². The van der Waals surface area contributed by atoms with E-state index >= 15 is 0 Å². The summed E-state index contributed by atoms with van der Waals surface area (Å²) in [7, 11) is -3.27. The summed E-state index contributed by atoms with van der Waals surface area (Å²) in [5, 5.41) is 0.822. The molecule has 92 valence electrons. The molecule has 0 unspecified atom stereocenters. The molecule has 1 rings (SSSR count). The van der Waals surface area contributed by atoms with Gasteiger partial charge in [-0.3, -0.25) is 0 Å². The first-order valence-electron chi connectivity index (χ1n) is 5.15. The molecule has 1 aromatic rings. The van der Waals surface area contributed by atoms with Gasteiger partial charge in [0.15, 0.2) is 0 Å². The molecule has 0 saturated carbocycles. The average molecular weight is 326 g/mol. The third-order valence-electron chi connectivity index (χ3n) is 2.20. The van der Waals surface area contributed by atoms with E-state index < -0.39 is 10.0 Å². The fourth-order valence-electron chi connectivity index (χ4n) is 1.36. The van der Waals surface area contributed by atoms with E-state index in [4.69, 9.17) is 0 Å². The van der Waals surface area contributed by atoms with E-state index in [1.54, 1.807) is 6.07 Å². The minimum absolute atomic E-state index is 0.446. The van der Waals surface area contributed by atoms with Crippen molar-refractivity contribution in [2.24, 2.45) is 0 Å². The summed E-state index contributed by atoms with van der Waals surface area (Å²) in [5.74, 6) is 0. The molecule has 1 aromatic heterocycles. The molecule has 0 aromatic carbocycles. The van der Waals surface area contributed by atoms with Crippen LogP contribution in [0.3, 0.4) is 0 Å². The fourth-order valence-corrected chi connectivity index (χ4v) is 4.54. The van der Waals surface area contributed by atoms with Crippen molar-refractivity contribution in [3.05, 3.63) is 17.0 Å². The molecule has 0 radical (unpaired) electrons. The number of thiophene rings is 1. The van der Waals surface area contributed by atoms with Crippen LogP contribution in [0.2, 0.25) is 0 Å². The summed E-state index contributed by atoms with van der Waals surface area (Å²) in [6, 6.07) is 3.53.